The molecular formula is C15H19FN2S. The van der Waals surface area contributed by atoms with E-state index in [1.165, 1.54) is 10.9 Å². The van der Waals surface area contributed by atoms with Crippen molar-refractivity contribution in [2.45, 2.75) is 33.0 Å². The highest BCUT2D eigenvalue weighted by Gasteiger charge is 2.13. The van der Waals surface area contributed by atoms with Crippen molar-refractivity contribution >= 4 is 17.0 Å². The van der Waals surface area contributed by atoms with Crippen molar-refractivity contribution in [2.75, 3.05) is 4.90 Å². The molecule has 0 saturated heterocycles. The molecule has 0 atom stereocenters. The van der Waals surface area contributed by atoms with Gasteiger partial charge in [-0.05, 0) is 49.1 Å². The van der Waals surface area contributed by atoms with Gasteiger partial charge in [0.25, 0.3) is 0 Å². The maximum absolute atomic E-state index is 13.6. The summed E-state index contributed by atoms with van der Waals surface area (Å²) in [4.78, 5) is 3.46. The molecule has 0 amide bonds. The number of hydrogen-bond acceptors (Lipinski definition) is 3. The zero-order valence-corrected chi connectivity index (χ0v) is 12.1. The molecule has 0 aliphatic heterocycles. The van der Waals surface area contributed by atoms with Gasteiger partial charge in [-0.1, -0.05) is 6.07 Å². The van der Waals surface area contributed by atoms with Crippen LogP contribution in [0.5, 0.6) is 0 Å². The van der Waals surface area contributed by atoms with Crippen LogP contribution in [0.4, 0.5) is 10.1 Å². The summed E-state index contributed by atoms with van der Waals surface area (Å²) in [7, 11) is 0. The molecule has 1 aromatic heterocycles. The Morgan fingerprint density at radius 3 is 2.68 bits per heavy atom. The lowest BCUT2D eigenvalue weighted by atomic mass is 10.1. The molecule has 0 saturated carbocycles. The summed E-state index contributed by atoms with van der Waals surface area (Å²) in [6.45, 7) is 5.37. The fourth-order valence-corrected chi connectivity index (χ4v) is 2.76. The van der Waals surface area contributed by atoms with E-state index in [0.29, 0.717) is 12.6 Å². The predicted octanol–water partition coefficient (Wildman–Crippen LogP) is 3.76. The molecule has 1 aromatic carbocycles. The zero-order chi connectivity index (χ0) is 13.8. The first-order valence-electron chi connectivity index (χ1n) is 6.38. The van der Waals surface area contributed by atoms with Crippen molar-refractivity contribution in [3.63, 3.8) is 0 Å². The van der Waals surface area contributed by atoms with E-state index in [4.69, 9.17) is 5.73 Å². The van der Waals surface area contributed by atoms with Crippen LogP contribution in [-0.4, -0.2) is 6.04 Å². The van der Waals surface area contributed by atoms with Gasteiger partial charge in [-0.3, -0.25) is 0 Å². The number of thiophene rings is 1. The third-order valence-corrected chi connectivity index (χ3v) is 3.90. The Hall–Kier alpha value is -1.39. The van der Waals surface area contributed by atoms with Crippen LogP contribution in [0.3, 0.4) is 0 Å². The number of hydrogen-bond donors (Lipinski definition) is 1. The van der Waals surface area contributed by atoms with E-state index >= 15 is 0 Å². The quantitative estimate of drug-likeness (QED) is 0.902. The number of halogens is 1. The second-order valence-corrected chi connectivity index (χ2v) is 5.86. The molecule has 0 aliphatic rings. The fraction of sp³-hybridized carbons (Fsp3) is 0.333. The van der Waals surface area contributed by atoms with Crippen LogP contribution in [0.2, 0.25) is 0 Å². The number of rotatable bonds is 5. The smallest absolute Gasteiger partial charge is 0.125 e. The Morgan fingerprint density at radius 1 is 1.32 bits per heavy atom. The Kier molecular flexibility index (Phi) is 4.56. The topological polar surface area (TPSA) is 29.3 Å². The van der Waals surface area contributed by atoms with Crippen LogP contribution in [-0.2, 0) is 13.1 Å². The van der Waals surface area contributed by atoms with Gasteiger partial charge in [0, 0.05) is 23.2 Å². The van der Waals surface area contributed by atoms with Crippen molar-refractivity contribution < 1.29 is 4.39 Å². The fourth-order valence-electron chi connectivity index (χ4n) is 2.06. The summed E-state index contributed by atoms with van der Waals surface area (Å²) in [5, 5.41) is 2.06. The first kappa shape index (κ1) is 14.0. The number of anilines is 1. The van der Waals surface area contributed by atoms with E-state index in [2.05, 4.69) is 30.2 Å². The Balaban J connectivity index is 2.30. The van der Waals surface area contributed by atoms with Crippen LogP contribution in [0.15, 0.2) is 35.7 Å². The largest absolute Gasteiger partial charge is 0.364 e. The van der Waals surface area contributed by atoms with E-state index in [1.54, 1.807) is 17.4 Å². The number of benzene rings is 1. The van der Waals surface area contributed by atoms with Crippen molar-refractivity contribution in [1.29, 1.82) is 0 Å². The van der Waals surface area contributed by atoms with E-state index in [1.807, 2.05) is 12.1 Å². The molecule has 0 radical (unpaired) electrons. The average Bonchev–Trinajstić information content (AvgIpc) is 2.87. The second kappa shape index (κ2) is 6.17. The molecule has 0 unspecified atom stereocenters. The van der Waals surface area contributed by atoms with Gasteiger partial charge in [-0.25, -0.2) is 4.39 Å². The first-order chi connectivity index (χ1) is 9.10. The van der Waals surface area contributed by atoms with Crippen molar-refractivity contribution in [1.82, 2.24) is 0 Å². The second-order valence-electron chi connectivity index (χ2n) is 4.82. The molecule has 4 heteroatoms. The van der Waals surface area contributed by atoms with Gasteiger partial charge < -0.3 is 10.6 Å². The molecule has 0 aliphatic carbocycles. The lowest BCUT2D eigenvalue weighted by Gasteiger charge is -2.29. The van der Waals surface area contributed by atoms with Gasteiger partial charge >= 0.3 is 0 Å². The van der Waals surface area contributed by atoms with Crippen molar-refractivity contribution in [2.24, 2.45) is 5.73 Å². The van der Waals surface area contributed by atoms with Crippen LogP contribution < -0.4 is 10.6 Å². The molecule has 2 N–H and O–H groups in total. The van der Waals surface area contributed by atoms with E-state index in [0.717, 1.165) is 17.8 Å². The Bertz CT molecular complexity index is 523. The van der Waals surface area contributed by atoms with E-state index in [-0.39, 0.29) is 5.82 Å². The summed E-state index contributed by atoms with van der Waals surface area (Å²) in [5.41, 5.74) is 7.33. The summed E-state index contributed by atoms with van der Waals surface area (Å²) < 4.78 is 13.6. The zero-order valence-electron chi connectivity index (χ0n) is 11.3. The van der Waals surface area contributed by atoms with Crippen molar-refractivity contribution in [3.8, 4) is 0 Å². The minimum Gasteiger partial charge on any atom is -0.364 e. The molecule has 0 spiro atoms. The summed E-state index contributed by atoms with van der Waals surface area (Å²) in [6.07, 6.45) is 0. The molecule has 0 fully saturated rings. The van der Waals surface area contributed by atoms with Gasteiger partial charge in [0.15, 0.2) is 0 Å². The summed E-state index contributed by atoms with van der Waals surface area (Å²) in [6, 6.07) is 9.48. The summed E-state index contributed by atoms with van der Waals surface area (Å²) >= 11 is 1.72. The lowest BCUT2D eigenvalue weighted by Crippen LogP contribution is -2.30. The Labute approximate surface area is 117 Å². The highest BCUT2D eigenvalue weighted by atomic mass is 32.1. The average molecular weight is 278 g/mol. The summed E-state index contributed by atoms with van der Waals surface area (Å²) in [5.74, 6) is -0.227. The normalized spacial score (nSPS) is 11.0. The highest BCUT2D eigenvalue weighted by molar-refractivity contribution is 7.09. The van der Waals surface area contributed by atoms with Gasteiger partial charge in [0.1, 0.15) is 5.82 Å². The van der Waals surface area contributed by atoms with Gasteiger partial charge in [-0.15, -0.1) is 11.3 Å². The van der Waals surface area contributed by atoms with Gasteiger partial charge in [0.2, 0.25) is 0 Å². The monoisotopic (exact) mass is 278 g/mol. The SMILES string of the molecule is CC(C)N(Cc1cccs1)c1cc(F)cc(CN)c1. The maximum Gasteiger partial charge on any atom is 0.125 e. The highest BCUT2D eigenvalue weighted by Crippen LogP contribution is 2.24. The number of nitrogens with zero attached hydrogens (tertiary/aromatic N) is 1. The molecular weight excluding hydrogens is 259 g/mol. The molecule has 102 valence electrons. The standard InChI is InChI=1S/C15H19FN2S/c1-11(2)18(10-15-4-3-5-19-15)14-7-12(9-17)6-13(16)8-14/h3-8,11H,9-10,17H2,1-2H3. The Morgan fingerprint density at radius 2 is 2.11 bits per heavy atom. The van der Waals surface area contributed by atoms with E-state index < -0.39 is 0 Å². The third kappa shape index (κ3) is 3.55. The maximum atomic E-state index is 13.6. The molecule has 0 bridgehead atoms. The van der Waals surface area contributed by atoms with Crippen LogP contribution in [0.1, 0.15) is 24.3 Å². The molecule has 1 heterocycles. The minimum atomic E-state index is -0.227. The third-order valence-electron chi connectivity index (χ3n) is 3.04. The van der Waals surface area contributed by atoms with Crippen LogP contribution in [0.25, 0.3) is 0 Å². The van der Waals surface area contributed by atoms with Crippen molar-refractivity contribution in [3.05, 3.63) is 52.0 Å². The van der Waals surface area contributed by atoms with Crippen LogP contribution >= 0.6 is 11.3 Å². The molecule has 2 nitrogen and oxygen atoms in total. The van der Waals surface area contributed by atoms with E-state index in [9.17, 15) is 4.39 Å². The molecule has 2 aromatic rings. The number of nitrogens with two attached hydrogens (primary N) is 1. The predicted molar refractivity (Wildman–Crippen MR) is 79.9 cm³/mol. The minimum absolute atomic E-state index is 0.227. The lowest BCUT2D eigenvalue weighted by molar-refractivity contribution is 0.620. The molecule has 2 rings (SSSR count). The van der Waals surface area contributed by atoms with Crippen LogP contribution in [0, 0.1) is 5.82 Å². The first-order valence-corrected chi connectivity index (χ1v) is 7.26. The van der Waals surface area contributed by atoms with Gasteiger partial charge in [-0.2, -0.15) is 0 Å². The van der Waals surface area contributed by atoms with Gasteiger partial charge in [0.05, 0.1) is 6.54 Å². The molecule has 19 heavy (non-hydrogen) atoms.